The van der Waals surface area contributed by atoms with Crippen molar-refractivity contribution in [1.82, 2.24) is 39.0 Å². The lowest BCUT2D eigenvalue weighted by Crippen LogP contribution is -3.00. The van der Waals surface area contributed by atoms with E-state index in [0.29, 0.717) is 97.3 Å². The number of halogens is 1. The van der Waals surface area contributed by atoms with Gasteiger partial charge in [-0.15, -0.1) is 13.2 Å². The summed E-state index contributed by atoms with van der Waals surface area (Å²) in [5.41, 5.74) is 0.579. The number of amides is 6. The van der Waals surface area contributed by atoms with Crippen molar-refractivity contribution in [3.63, 3.8) is 0 Å². The molecule has 8 fully saturated rings. The monoisotopic (exact) mass is 1620 g/mol. The number of sulfonamides is 2. The van der Waals surface area contributed by atoms with E-state index in [9.17, 15) is 55.2 Å². The van der Waals surface area contributed by atoms with Gasteiger partial charge in [-0.2, -0.15) is 0 Å². The van der Waals surface area contributed by atoms with Crippen LogP contribution in [0, 0.1) is 45.3 Å². The molecule has 616 valence electrons. The van der Waals surface area contributed by atoms with Crippen molar-refractivity contribution in [3.8, 4) is 45.5 Å². The molecule has 6 aromatic rings. The van der Waals surface area contributed by atoms with Gasteiger partial charge in [-0.25, -0.2) is 26.8 Å². The molecule has 2 aromatic heterocycles. The summed E-state index contributed by atoms with van der Waals surface area (Å²) in [5.74, 6) is -2.89. The number of carbonyl (C=O) groups excluding carboxylic acids is 8. The molecule has 0 radical (unpaired) electrons. The molecule has 10 atom stereocenters. The highest BCUT2D eigenvalue weighted by Gasteiger charge is 2.63. The number of pyridine rings is 2. The summed E-state index contributed by atoms with van der Waals surface area (Å²) in [4.78, 5) is 130. The number of likely N-dealkylation sites (tertiary alicyclic amines) is 4. The number of aromatic nitrogens is 2. The minimum atomic E-state index is -3.86. The van der Waals surface area contributed by atoms with Gasteiger partial charge in [0.15, 0.2) is 11.6 Å². The molecule has 4 aliphatic heterocycles. The maximum absolute atomic E-state index is 14.9. The number of hydrogen-bond acceptors (Lipinski definition) is 18. The molecule has 2 N–H and O–H groups in total. The molecule has 4 aromatic carbocycles. The number of carbonyl (C=O) groups is 8. The SMILES string of the molecule is C=C[C@@H]1C[C@]1(CC(=O)[C@@H]1C[C@@H](Oc2cc(-c3ccccc3)nc3cc(OC)ccc23)CN1C(=O)[C@@H](CC(=O)N1CCCCC1)C(C)(C)C)C(=O)NS(=O)(=O)C1CC1.C=C[C@@H]1C[C@]1(CC(=O)[C@@H]1C[C@@H](Oc2cc(-c3ccccc3)nc3cc(OC)ccc23)CN1C(=O)[C@@H](CC(=O)N1CCCCC1)C(C)(C)C)C(=O)NS(=O)(=O)C1CC1.[F-]. The number of allylic oxidation sites excluding steroid dienone is 2. The van der Waals surface area contributed by atoms with Crippen molar-refractivity contribution in [2.45, 2.75) is 192 Å². The maximum Gasteiger partial charge on any atom is 0.240 e. The lowest BCUT2D eigenvalue weighted by atomic mass is 9.77. The van der Waals surface area contributed by atoms with Gasteiger partial charge in [0.05, 0.1) is 95.0 Å². The first-order valence-electron chi connectivity index (χ1n) is 40.3. The number of fused-ring (bicyclic) bond motifs is 2. The van der Waals surface area contributed by atoms with Crippen molar-refractivity contribution in [2.24, 2.45) is 45.3 Å². The van der Waals surface area contributed by atoms with Crippen LogP contribution < -0.4 is 33.1 Å². The molecule has 6 heterocycles. The van der Waals surface area contributed by atoms with Crippen molar-refractivity contribution >= 4 is 88.9 Å². The third-order valence-electron chi connectivity index (χ3n) is 24.5. The zero-order chi connectivity index (χ0) is 81.4. The molecule has 4 aliphatic carbocycles. The fraction of sp³-hybridized carbons (Fsp3) is 0.523. The van der Waals surface area contributed by atoms with Crippen LogP contribution >= 0.6 is 0 Å². The summed E-state index contributed by atoms with van der Waals surface area (Å²) in [6.07, 6.45) is 10.0. The van der Waals surface area contributed by atoms with Crippen LogP contribution in [0.2, 0.25) is 0 Å². The number of nitrogens with zero attached hydrogens (tertiary/aromatic N) is 6. The standard InChI is InChI=1S/2C44H54N4O8S.FH/c2*1-6-29-25-44(29,42(52)46-57(53,54)32-16-17-32)26-38(49)37-22-31(27-48(37)41(51)34(43(2,3)4)23-40(50)47-19-11-8-12-20-47)56-39-24-35(28-13-9-7-10-14-28)45-36-21-30(55-5)15-18-33(36)39;/h2*6-7,9-10,13-15,18,21,24,29,31-32,34,37H,1,8,11-12,16-17,19-20,22-23,25-27H2,2-5H3,(H,46,52);1H/p-1/t2*29-,31-,34-,37+,44-;/m11./s1. The van der Waals surface area contributed by atoms with E-state index in [1.165, 1.54) is 0 Å². The van der Waals surface area contributed by atoms with E-state index in [-0.39, 0.29) is 104 Å². The average Bonchev–Trinajstić information content (AvgIpc) is 1.58. The lowest BCUT2D eigenvalue weighted by molar-refractivity contribution is -0.148. The summed E-state index contributed by atoms with van der Waals surface area (Å²) in [6, 6.07) is 32.2. The highest BCUT2D eigenvalue weighted by atomic mass is 32.2. The van der Waals surface area contributed by atoms with E-state index in [2.05, 4.69) is 22.6 Å². The lowest BCUT2D eigenvalue weighted by Gasteiger charge is -2.36. The Morgan fingerprint density at radius 3 is 1.19 bits per heavy atom. The predicted molar refractivity (Wildman–Crippen MR) is 433 cm³/mol. The Kier molecular flexibility index (Phi) is 25.3. The smallest absolute Gasteiger partial charge is 0.240 e. The van der Waals surface area contributed by atoms with E-state index in [1.807, 2.05) is 161 Å². The Morgan fingerprint density at radius 1 is 0.522 bits per heavy atom. The molecular formula is C88H108FN8O16S2-. The molecule has 14 rings (SSSR count). The summed E-state index contributed by atoms with van der Waals surface area (Å²) in [7, 11) is -4.54. The number of ether oxygens (including phenoxy) is 4. The molecule has 4 saturated carbocycles. The Balaban J connectivity index is 0.000000211. The van der Waals surface area contributed by atoms with Gasteiger partial charge in [-0.3, -0.25) is 47.8 Å². The van der Waals surface area contributed by atoms with E-state index in [1.54, 1.807) is 36.2 Å². The molecule has 24 nitrogen and oxygen atoms in total. The molecule has 0 unspecified atom stereocenters. The first kappa shape index (κ1) is 84.8. The number of hydrogen-bond donors (Lipinski definition) is 2. The topological polar surface area (TPSA) is 305 Å². The van der Waals surface area contributed by atoms with Gasteiger partial charge in [0.25, 0.3) is 0 Å². The first-order chi connectivity index (χ1) is 54.3. The number of rotatable bonds is 28. The number of benzene rings is 4. The number of nitrogens with one attached hydrogen (secondary N) is 2. The number of Topliss-reactive ketones (excluding diaryl/α,β-unsaturated/α-hetero) is 2. The maximum atomic E-state index is 14.9. The summed E-state index contributed by atoms with van der Waals surface area (Å²) in [6.45, 7) is 22.1. The second-order valence-electron chi connectivity index (χ2n) is 34.6. The van der Waals surface area contributed by atoms with Crippen molar-refractivity contribution in [2.75, 3.05) is 53.5 Å². The molecule has 0 bridgehead atoms. The van der Waals surface area contributed by atoms with Gasteiger partial charge in [-0.05, 0) is 124 Å². The van der Waals surface area contributed by atoms with Gasteiger partial charge in [0, 0.05) is 111 Å². The minimum absolute atomic E-state index is 0. The van der Waals surface area contributed by atoms with Gasteiger partial charge < -0.3 is 43.3 Å². The summed E-state index contributed by atoms with van der Waals surface area (Å²) >= 11 is 0. The van der Waals surface area contributed by atoms with Crippen LogP contribution in [0.4, 0.5) is 0 Å². The molecule has 8 aliphatic rings. The normalized spacial score (nSPS) is 23.9. The van der Waals surface area contributed by atoms with Crippen LogP contribution in [-0.2, 0) is 58.4 Å². The Labute approximate surface area is 673 Å². The van der Waals surface area contributed by atoms with Crippen LogP contribution in [0.25, 0.3) is 44.3 Å². The molecule has 4 saturated heterocycles. The van der Waals surface area contributed by atoms with E-state index >= 15 is 0 Å². The highest BCUT2D eigenvalue weighted by molar-refractivity contribution is 7.91. The van der Waals surface area contributed by atoms with Crippen molar-refractivity contribution in [1.29, 1.82) is 0 Å². The minimum Gasteiger partial charge on any atom is -1.00 e. The second kappa shape index (κ2) is 34.3. The Hall–Kier alpha value is -9.63. The van der Waals surface area contributed by atoms with Crippen molar-refractivity contribution < 1.29 is 78.8 Å². The number of ketones is 2. The highest BCUT2D eigenvalue weighted by Crippen LogP contribution is 2.59. The largest absolute Gasteiger partial charge is 1.00 e. The summed E-state index contributed by atoms with van der Waals surface area (Å²) < 4.78 is 80.4. The Bertz CT molecular complexity index is 4630. The van der Waals surface area contributed by atoms with E-state index in [4.69, 9.17) is 28.9 Å². The van der Waals surface area contributed by atoms with Crippen LogP contribution in [0.15, 0.2) is 135 Å². The zero-order valence-corrected chi connectivity index (χ0v) is 68.7. The van der Waals surface area contributed by atoms with Crippen LogP contribution in [0.1, 0.15) is 157 Å². The molecule has 6 amide bonds. The van der Waals surface area contributed by atoms with Gasteiger partial charge in [-0.1, -0.05) is 114 Å². The first-order valence-corrected chi connectivity index (χ1v) is 43.4. The second-order valence-corrected chi connectivity index (χ2v) is 38.6. The fourth-order valence-electron chi connectivity index (χ4n) is 17.0. The number of methoxy groups -OCH3 is 2. The van der Waals surface area contributed by atoms with E-state index in [0.717, 1.165) is 60.4 Å². The van der Waals surface area contributed by atoms with Crippen molar-refractivity contribution in [3.05, 3.63) is 135 Å². The van der Waals surface area contributed by atoms with Crippen LogP contribution in [0.5, 0.6) is 23.0 Å². The van der Waals surface area contributed by atoms with E-state index < -0.39 is 112 Å². The molecular weight excluding hydrogens is 1510 g/mol. The fourth-order valence-corrected chi connectivity index (χ4v) is 19.7. The zero-order valence-electron chi connectivity index (χ0n) is 67.1. The van der Waals surface area contributed by atoms with Crippen LogP contribution in [0.3, 0.4) is 0 Å². The third kappa shape index (κ3) is 18.9. The average molecular weight is 1620 g/mol. The third-order valence-corrected chi connectivity index (χ3v) is 28.1. The predicted octanol–water partition coefficient (Wildman–Crippen LogP) is 9.17. The van der Waals surface area contributed by atoms with Gasteiger partial charge in [0.2, 0.25) is 55.5 Å². The van der Waals surface area contributed by atoms with Gasteiger partial charge >= 0.3 is 0 Å². The quantitative estimate of drug-likeness (QED) is 0.0432. The summed E-state index contributed by atoms with van der Waals surface area (Å²) in [5, 5.41) is 0.237. The van der Waals surface area contributed by atoms with Gasteiger partial charge in [0.1, 0.15) is 35.2 Å². The molecule has 27 heteroatoms. The van der Waals surface area contributed by atoms with Crippen LogP contribution in [-0.4, -0.2) is 182 Å². The Morgan fingerprint density at radius 2 is 0.878 bits per heavy atom. The number of piperidine rings is 2. The molecule has 115 heavy (non-hydrogen) atoms. The molecule has 0 spiro atoms.